The zero-order valence-electron chi connectivity index (χ0n) is 9.34. The van der Waals surface area contributed by atoms with Crippen LogP contribution in [0.15, 0.2) is 0 Å². The van der Waals surface area contributed by atoms with Crippen molar-refractivity contribution in [2.45, 2.75) is 36.4 Å². The van der Waals surface area contributed by atoms with Crippen molar-refractivity contribution >= 4 is 44.3 Å². The van der Waals surface area contributed by atoms with Crippen LogP contribution in [0.1, 0.15) is 20.3 Å². The Bertz CT molecular complexity index is 486. The average Bonchev–Trinajstić information content (AvgIpc) is 2.32. The molecule has 2 fully saturated rings. The van der Waals surface area contributed by atoms with Crippen molar-refractivity contribution in [2.24, 2.45) is 0 Å². The summed E-state index contributed by atoms with van der Waals surface area (Å²) in [7, 11) is -3.51. The Labute approximate surface area is 113 Å². The molecule has 0 aliphatic carbocycles. The van der Waals surface area contributed by atoms with Crippen LogP contribution in [0.2, 0.25) is 0 Å². The van der Waals surface area contributed by atoms with Gasteiger partial charge in [-0.1, -0.05) is 0 Å². The Balaban J connectivity index is 2.44. The second-order valence-electron chi connectivity index (χ2n) is 4.58. The highest BCUT2D eigenvalue weighted by atomic mass is 127. The van der Waals surface area contributed by atoms with Crippen LogP contribution < -0.4 is 0 Å². The lowest BCUT2D eigenvalue weighted by atomic mass is 9.98. The lowest BCUT2D eigenvalue weighted by Gasteiger charge is -2.36. The third kappa shape index (κ3) is 1.52. The second kappa shape index (κ2) is 3.81. The van der Waals surface area contributed by atoms with Gasteiger partial charge < -0.3 is 9.64 Å². The van der Waals surface area contributed by atoms with Gasteiger partial charge in [0.2, 0.25) is 5.91 Å². The molecule has 2 heterocycles. The number of β-lactam (4-membered cyclic amide) rings is 1. The first-order valence-corrected chi connectivity index (χ1v) is 8.09. The van der Waals surface area contributed by atoms with Gasteiger partial charge in [0.25, 0.3) is 0 Å². The second-order valence-corrected chi connectivity index (χ2v) is 7.89. The molecule has 0 aromatic rings. The van der Waals surface area contributed by atoms with Crippen LogP contribution in [0.25, 0.3) is 0 Å². The summed E-state index contributed by atoms with van der Waals surface area (Å²) >= 11 is 1.85. The van der Waals surface area contributed by atoms with E-state index in [1.165, 1.54) is 13.8 Å². The van der Waals surface area contributed by atoms with E-state index in [0.29, 0.717) is 0 Å². The molecular weight excluding hydrogens is 361 g/mol. The smallest absolute Gasteiger partial charge is 0.331 e. The van der Waals surface area contributed by atoms with Crippen LogP contribution in [0.4, 0.5) is 0 Å². The van der Waals surface area contributed by atoms with Gasteiger partial charge in [-0.25, -0.2) is 13.2 Å². The Kier molecular flexibility index (Phi) is 2.92. The summed E-state index contributed by atoms with van der Waals surface area (Å²) in [6.45, 7) is 2.93. The van der Waals surface area contributed by atoms with E-state index in [1.807, 2.05) is 22.6 Å². The van der Waals surface area contributed by atoms with E-state index >= 15 is 0 Å². The summed E-state index contributed by atoms with van der Waals surface area (Å²) in [5, 5.41) is -0.850. The topological polar surface area (TPSA) is 80.8 Å². The molecule has 0 unspecified atom stereocenters. The molecular formula is C9H12INO5S. The van der Waals surface area contributed by atoms with Gasteiger partial charge in [-0.05, 0) is 36.4 Å². The highest BCUT2D eigenvalue weighted by Crippen LogP contribution is 2.45. The fourth-order valence-corrected chi connectivity index (χ4v) is 4.77. The van der Waals surface area contributed by atoms with E-state index in [2.05, 4.69) is 0 Å². The van der Waals surface area contributed by atoms with Gasteiger partial charge in [0, 0.05) is 0 Å². The van der Waals surface area contributed by atoms with Crippen molar-refractivity contribution in [3.63, 3.8) is 0 Å². The molecule has 0 aromatic heterocycles. The molecule has 1 amide bonds. The van der Waals surface area contributed by atoms with Crippen molar-refractivity contribution in [1.29, 1.82) is 0 Å². The summed E-state index contributed by atoms with van der Waals surface area (Å²) in [4.78, 5) is 24.4. The minimum absolute atomic E-state index is 0.0280. The number of esters is 1. The van der Waals surface area contributed by atoms with Crippen molar-refractivity contribution in [3.05, 3.63) is 0 Å². The molecule has 6 nitrogen and oxygen atoms in total. The van der Waals surface area contributed by atoms with Crippen LogP contribution >= 0.6 is 22.6 Å². The first kappa shape index (κ1) is 13.1. The van der Waals surface area contributed by atoms with Crippen molar-refractivity contribution in [3.8, 4) is 0 Å². The van der Waals surface area contributed by atoms with Crippen molar-refractivity contribution < 1.29 is 22.7 Å². The van der Waals surface area contributed by atoms with E-state index in [1.54, 1.807) is 0 Å². The predicted molar refractivity (Wildman–Crippen MR) is 67.0 cm³/mol. The molecule has 0 bridgehead atoms. The van der Waals surface area contributed by atoms with E-state index < -0.39 is 32.0 Å². The molecule has 2 rings (SSSR count). The van der Waals surface area contributed by atoms with E-state index in [-0.39, 0.29) is 16.9 Å². The molecule has 96 valence electrons. The lowest BCUT2D eigenvalue weighted by Crippen LogP contribution is -2.57. The number of nitrogens with zero attached hydrogens (tertiary/aromatic N) is 1. The van der Waals surface area contributed by atoms with Crippen LogP contribution in [0.3, 0.4) is 0 Å². The van der Waals surface area contributed by atoms with Gasteiger partial charge in [0.1, 0.15) is 16.0 Å². The minimum Gasteiger partial charge on any atom is -0.453 e. The Morgan fingerprint density at radius 3 is 2.65 bits per heavy atom. The van der Waals surface area contributed by atoms with E-state index in [4.69, 9.17) is 4.74 Å². The molecule has 0 spiro atoms. The molecule has 2 atom stereocenters. The van der Waals surface area contributed by atoms with Gasteiger partial charge in [0.05, 0.1) is 11.2 Å². The monoisotopic (exact) mass is 373 g/mol. The predicted octanol–water partition coefficient (Wildman–Crippen LogP) is 0.0561. The largest absolute Gasteiger partial charge is 0.453 e. The van der Waals surface area contributed by atoms with Crippen LogP contribution in [0, 0.1) is 0 Å². The van der Waals surface area contributed by atoms with Gasteiger partial charge in [0.15, 0.2) is 9.84 Å². The standard InChI is InChI=1S/C9H12INO5S/c1-9(2)7(8(13)16-4-10)11-5(12)3-6(11)17(9,14)15/h6-7H,3-4H2,1-2H3/t6-,7-/m1/s1. The minimum atomic E-state index is -3.51. The first-order valence-electron chi connectivity index (χ1n) is 5.02. The Morgan fingerprint density at radius 2 is 2.18 bits per heavy atom. The molecule has 8 heteroatoms. The summed E-state index contributed by atoms with van der Waals surface area (Å²) in [5.41, 5.74) is 0. The summed E-state index contributed by atoms with van der Waals surface area (Å²) in [6, 6.07) is -1.02. The molecule has 0 radical (unpaired) electrons. The number of alkyl halides is 1. The third-order valence-corrected chi connectivity index (χ3v) is 6.51. The molecule has 0 aromatic carbocycles. The zero-order valence-corrected chi connectivity index (χ0v) is 12.3. The number of hydrogen-bond donors (Lipinski definition) is 0. The summed E-state index contributed by atoms with van der Waals surface area (Å²) in [6.07, 6.45) is -0.0280. The van der Waals surface area contributed by atoms with E-state index in [9.17, 15) is 18.0 Å². The normalized spacial score (nSPS) is 32.9. The number of ether oxygens (including phenoxy) is 1. The fraction of sp³-hybridized carbons (Fsp3) is 0.778. The number of sulfone groups is 1. The van der Waals surface area contributed by atoms with Gasteiger partial charge in [-0.3, -0.25) is 4.79 Å². The molecule has 2 saturated heterocycles. The number of amides is 1. The highest BCUT2D eigenvalue weighted by molar-refractivity contribution is 14.1. The number of carbonyl (C=O) groups is 2. The quantitative estimate of drug-likeness (QED) is 0.296. The van der Waals surface area contributed by atoms with Crippen LogP contribution in [-0.4, -0.2) is 46.0 Å². The number of hydrogen-bond acceptors (Lipinski definition) is 5. The van der Waals surface area contributed by atoms with Gasteiger partial charge >= 0.3 is 5.97 Å². The maximum Gasteiger partial charge on any atom is 0.331 e. The Morgan fingerprint density at radius 1 is 1.59 bits per heavy atom. The van der Waals surface area contributed by atoms with Crippen molar-refractivity contribution in [2.75, 3.05) is 4.61 Å². The fourth-order valence-electron chi connectivity index (χ4n) is 2.34. The molecule has 2 aliphatic heterocycles. The molecule has 0 N–H and O–H groups in total. The van der Waals surface area contributed by atoms with Crippen molar-refractivity contribution in [1.82, 2.24) is 4.90 Å². The average molecular weight is 373 g/mol. The highest BCUT2D eigenvalue weighted by Gasteiger charge is 2.68. The number of rotatable bonds is 2. The number of halogens is 1. The number of carbonyl (C=O) groups excluding carboxylic acids is 2. The molecule has 17 heavy (non-hydrogen) atoms. The zero-order chi connectivity index (χ0) is 13.0. The Hall–Kier alpha value is -0.380. The van der Waals surface area contributed by atoms with Gasteiger partial charge in [-0.2, -0.15) is 0 Å². The number of fused-ring (bicyclic) bond motifs is 1. The first-order chi connectivity index (χ1) is 7.75. The summed E-state index contributed by atoms with van der Waals surface area (Å²) in [5.74, 6) is -0.955. The maximum atomic E-state index is 12.1. The molecule has 2 aliphatic rings. The third-order valence-electron chi connectivity index (χ3n) is 3.40. The van der Waals surface area contributed by atoms with Crippen LogP contribution in [-0.2, 0) is 24.2 Å². The molecule has 0 saturated carbocycles. The lowest BCUT2D eigenvalue weighted by molar-refractivity contribution is -0.159. The maximum absolute atomic E-state index is 12.1. The SMILES string of the molecule is CC1(C)[C@@H](C(=O)OCI)N2C(=O)C[C@H]2S1(=O)=O. The van der Waals surface area contributed by atoms with Gasteiger partial charge in [-0.15, -0.1) is 0 Å². The van der Waals surface area contributed by atoms with E-state index in [0.717, 1.165) is 4.90 Å². The van der Waals surface area contributed by atoms with Crippen LogP contribution in [0.5, 0.6) is 0 Å². The summed E-state index contributed by atoms with van der Waals surface area (Å²) < 4.78 is 28.0.